The molecule has 0 fully saturated rings. The van der Waals surface area contributed by atoms with Crippen LogP contribution in [0.5, 0.6) is 0 Å². The van der Waals surface area contributed by atoms with Gasteiger partial charge in [-0.3, -0.25) is 0 Å². The number of carbonyl (C=O) groups excluding carboxylic acids is 1. The minimum Gasteiger partial charge on any atom is -0.373 e. The molecule has 0 aliphatic rings. The van der Waals surface area contributed by atoms with E-state index in [1.807, 2.05) is 6.92 Å². The van der Waals surface area contributed by atoms with Gasteiger partial charge in [0.2, 0.25) is 5.60 Å². The van der Waals surface area contributed by atoms with E-state index >= 15 is 0 Å². The van der Waals surface area contributed by atoms with Gasteiger partial charge in [0.1, 0.15) is 0 Å². The molecule has 1 rings (SSSR count). The van der Waals surface area contributed by atoms with Crippen LogP contribution in [0.2, 0.25) is 0 Å². The Balaban J connectivity index is 2.75. The molecule has 0 saturated carbocycles. The van der Waals surface area contributed by atoms with E-state index in [9.17, 15) is 15.0 Å². The molecule has 0 spiro atoms. The number of rotatable bonds is 6. The number of aliphatic hydroxyl groups is 1. The molecule has 4 heteroatoms. The van der Waals surface area contributed by atoms with Crippen molar-refractivity contribution >= 4 is 17.3 Å². The molecule has 0 amide bonds. The fourth-order valence-corrected chi connectivity index (χ4v) is 2.31. The van der Waals surface area contributed by atoms with Crippen molar-refractivity contribution in [2.45, 2.75) is 38.2 Å². The fraction of sp³-hybridized carbons (Fsp3) is 0.545. The number of carbonyl (C=O) groups is 1. The Bertz CT molecular complexity index is 308. The SMILES string of the molecule is CCCCCC(O)(C([O])=O)c1cccs1. The van der Waals surface area contributed by atoms with E-state index < -0.39 is 11.6 Å². The highest BCUT2D eigenvalue weighted by atomic mass is 32.1. The second kappa shape index (κ2) is 5.28. The van der Waals surface area contributed by atoms with E-state index in [-0.39, 0.29) is 6.42 Å². The Morgan fingerprint density at radius 3 is 2.73 bits per heavy atom. The zero-order valence-electron chi connectivity index (χ0n) is 8.73. The third-order valence-electron chi connectivity index (χ3n) is 2.41. The smallest absolute Gasteiger partial charge is 0.373 e. The molecule has 1 heterocycles. The van der Waals surface area contributed by atoms with Gasteiger partial charge >= 0.3 is 5.97 Å². The fourth-order valence-electron chi connectivity index (χ4n) is 1.47. The predicted molar refractivity (Wildman–Crippen MR) is 58.1 cm³/mol. The summed E-state index contributed by atoms with van der Waals surface area (Å²) in [7, 11) is 0. The van der Waals surface area contributed by atoms with Crippen molar-refractivity contribution in [2.24, 2.45) is 0 Å². The summed E-state index contributed by atoms with van der Waals surface area (Å²) in [4.78, 5) is 11.4. The third kappa shape index (κ3) is 2.79. The first-order valence-corrected chi connectivity index (χ1v) is 5.97. The number of hydrogen-bond donors (Lipinski definition) is 1. The molecule has 0 aliphatic heterocycles. The normalized spacial score (nSPS) is 14.8. The summed E-state index contributed by atoms with van der Waals surface area (Å²) in [5.41, 5.74) is -1.80. The van der Waals surface area contributed by atoms with Crippen LogP contribution in [-0.4, -0.2) is 11.1 Å². The molecule has 1 atom stereocenters. The standard InChI is InChI=1S/C11H15O3S/c1-2-3-4-7-11(14,10(12)13)9-6-5-8-15-9/h5-6,8,14H,2-4,7H2,1H3. The molecule has 0 aromatic carbocycles. The molecule has 3 nitrogen and oxygen atoms in total. The summed E-state index contributed by atoms with van der Waals surface area (Å²) in [6.07, 6.45) is 2.83. The first kappa shape index (κ1) is 12.2. The van der Waals surface area contributed by atoms with Crippen molar-refractivity contribution in [3.8, 4) is 0 Å². The van der Waals surface area contributed by atoms with Crippen LogP contribution < -0.4 is 0 Å². The lowest BCUT2D eigenvalue weighted by atomic mass is 9.94. The first-order valence-electron chi connectivity index (χ1n) is 5.09. The van der Waals surface area contributed by atoms with Crippen LogP contribution in [-0.2, 0) is 15.5 Å². The Morgan fingerprint density at radius 1 is 1.53 bits per heavy atom. The predicted octanol–water partition coefficient (Wildman–Crippen LogP) is 2.47. The molecule has 0 aliphatic carbocycles. The van der Waals surface area contributed by atoms with Gasteiger partial charge in [-0.2, -0.15) is 0 Å². The summed E-state index contributed by atoms with van der Waals surface area (Å²) < 4.78 is 0. The Hall–Kier alpha value is -0.870. The molecule has 15 heavy (non-hydrogen) atoms. The molecule has 1 aromatic rings. The highest BCUT2D eigenvalue weighted by Gasteiger charge is 2.39. The number of unbranched alkanes of at least 4 members (excludes halogenated alkanes) is 2. The highest BCUT2D eigenvalue weighted by molar-refractivity contribution is 7.10. The Morgan fingerprint density at radius 2 is 2.27 bits per heavy atom. The number of hydrogen-bond acceptors (Lipinski definition) is 3. The lowest BCUT2D eigenvalue weighted by Gasteiger charge is -2.20. The van der Waals surface area contributed by atoms with Crippen molar-refractivity contribution in [1.29, 1.82) is 0 Å². The Labute approximate surface area is 93.4 Å². The summed E-state index contributed by atoms with van der Waals surface area (Å²) in [6, 6.07) is 3.36. The molecular weight excluding hydrogens is 212 g/mol. The minimum atomic E-state index is -1.80. The van der Waals surface area contributed by atoms with Crippen molar-refractivity contribution in [1.82, 2.24) is 0 Å². The first-order chi connectivity index (χ1) is 7.11. The maximum absolute atomic E-state index is 11.0. The average Bonchev–Trinajstić information content (AvgIpc) is 2.70. The molecule has 1 radical (unpaired) electrons. The van der Waals surface area contributed by atoms with Crippen LogP contribution in [0.4, 0.5) is 0 Å². The van der Waals surface area contributed by atoms with Gasteiger partial charge in [0.25, 0.3) is 0 Å². The van der Waals surface area contributed by atoms with Crippen LogP contribution >= 0.6 is 11.3 Å². The second-order valence-electron chi connectivity index (χ2n) is 3.58. The van der Waals surface area contributed by atoms with E-state index in [2.05, 4.69) is 0 Å². The van der Waals surface area contributed by atoms with Gasteiger partial charge in [0.15, 0.2) is 0 Å². The largest absolute Gasteiger partial charge is 0.392 e. The van der Waals surface area contributed by atoms with Gasteiger partial charge in [-0.05, 0) is 24.3 Å². The van der Waals surface area contributed by atoms with Crippen molar-refractivity contribution in [2.75, 3.05) is 0 Å². The van der Waals surface area contributed by atoms with Crippen molar-refractivity contribution in [3.05, 3.63) is 22.4 Å². The summed E-state index contributed by atoms with van der Waals surface area (Å²) in [5.74, 6) is -1.40. The lowest BCUT2D eigenvalue weighted by Crippen LogP contribution is -2.33. The summed E-state index contributed by atoms with van der Waals surface area (Å²) in [6.45, 7) is 2.03. The number of thiophene rings is 1. The monoisotopic (exact) mass is 227 g/mol. The average molecular weight is 227 g/mol. The van der Waals surface area contributed by atoms with Gasteiger partial charge in [-0.1, -0.05) is 25.8 Å². The molecular formula is C11H15O3S. The molecule has 1 aromatic heterocycles. The van der Waals surface area contributed by atoms with E-state index in [0.717, 1.165) is 12.8 Å². The van der Waals surface area contributed by atoms with Crippen LogP contribution in [0, 0.1) is 0 Å². The van der Waals surface area contributed by atoms with Crippen molar-refractivity contribution < 1.29 is 15.0 Å². The van der Waals surface area contributed by atoms with E-state index in [1.165, 1.54) is 11.3 Å². The maximum Gasteiger partial charge on any atom is 0.392 e. The minimum absolute atomic E-state index is 0.226. The highest BCUT2D eigenvalue weighted by Crippen LogP contribution is 2.31. The van der Waals surface area contributed by atoms with Gasteiger partial charge in [0, 0.05) is 4.88 Å². The van der Waals surface area contributed by atoms with E-state index in [4.69, 9.17) is 0 Å². The summed E-state index contributed by atoms with van der Waals surface area (Å²) >= 11 is 1.25. The quantitative estimate of drug-likeness (QED) is 0.759. The van der Waals surface area contributed by atoms with Crippen molar-refractivity contribution in [3.63, 3.8) is 0 Å². The topological polar surface area (TPSA) is 57.2 Å². The van der Waals surface area contributed by atoms with Crippen LogP contribution in [0.1, 0.15) is 37.5 Å². The molecule has 83 valence electrons. The zero-order chi connectivity index (χ0) is 11.3. The van der Waals surface area contributed by atoms with Crippen LogP contribution in [0.15, 0.2) is 17.5 Å². The lowest BCUT2D eigenvalue weighted by molar-refractivity contribution is -0.167. The molecule has 0 bridgehead atoms. The van der Waals surface area contributed by atoms with E-state index in [1.54, 1.807) is 17.5 Å². The van der Waals surface area contributed by atoms with Gasteiger partial charge < -0.3 is 5.11 Å². The summed E-state index contributed by atoms with van der Waals surface area (Å²) in [5, 5.41) is 22.7. The molecule has 1 N–H and O–H groups in total. The molecule has 0 saturated heterocycles. The van der Waals surface area contributed by atoms with Crippen LogP contribution in [0.25, 0.3) is 0 Å². The van der Waals surface area contributed by atoms with Gasteiger partial charge in [-0.15, -0.1) is 11.3 Å². The Kier molecular flexibility index (Phi) is 4.29. The third-order valence-corrected chi connectivity index (χ3v) is 3.43. The maximum atomic E-state index is 11.0. The molecule has 1 unspecified atom stereocenters. The van der Waals surface area contributed by atoms with Gasteiger partial charge in [0.05, 0.1) is 0 Å². The zero-order valence-corrected chi connectivity index (χ0v) is 9.55. The van der Waals surface area contributed by atoms with Gasteiger partial charge in [-0.25, -0.2) is 9.90 Å². The second-order valence-corrected chi connectivity index (χ2v) is 4.53. The van der Waals surface area contributed by atoms with Crippen LogP contribution in [0.3, 0.4) is 0 Å². The van der Waals surface area contributed by atoms with E-state index in [0.29, 0.717) is 11.3 Å².